The van der Waals surface area contributed by atoms with Gasteiger partial charge in [0, 0.05) is 5.92 Å². The Bertz CT molecular complexity index is 350. The largest absolute Gasteiger partial charge is 0.295 e. The first-order chi connectivity index (χ1) is 7.00. The van der Waals surface area contributed by atoms with E-state index in [2.05, 4.69) is 20.8 Å². The van der Waals surface area contributed by atoms with Crippen LogP contribution >= 0.6 is 0 Å². The molecule has 0 aliphatic heterocycles. The molecule has 0 spiro atoms. The van der Waals surface area contributed by atoms with Crippen molar-refractivity contribution in [1.29, 1.82) is 0 Å². The normalized spacial score (nSPS) is 46.6. The number of hydrogen-bond donors (Lipinski definition) is 0. The summed E-state index contributed by atoms with van der Waals surface area (Å²) in [4.78, 5) is 11.7. The van der Waals surface area contributed by atoms with E-state index in [0.29, 0.717) is 11.2 Å². The molecule has 82 valence electrons. The first kappa shape index (κ1) is 9.62. The van der Waals surface area contributed by atoms with E-state index < -0.39 is 0 Å². The van der Waals surface area contributed by atoms with Crippen molar-refractivity contribution in [2.45, 2.75) is 40.0 Å². The van der Waals surface area contributed by atoms with Crippen LogP contribution in [0, 0.1) is 29.1 Å². The second-order valence-corrected chi connectivity index (χ2v) is 6.42. The maximum absolute atomic E-state index is 11.7. The Morgan fingerprint density at radius 1 is 1.27 bits per heavy atom. The van der Waals surface area contributed by atoms with Gasteiger partial charge in [-0.3, -0.25) is 4.79 Å². The zero-order valence-electron chi connectivity index (χ0n) is 9.92. The van der Waals surface area contributed by atoms with Gasteiger partial charge in [0.1, 0.15) is 0 Å². The van der Waals surface area contributed by atoms with Crippen LogP contribution in [0.4, 0.5) is 0 Å². The van der Waals surface area contributed by atoms with Gasteiger partial charge in [-0.2, -0.15) is 0 Å². The predicted octanol–water partition coefficient (Wildman–Crippen LogP) is 3.20. The fourth-order valence-corrected chi connectivity index (χ4v) is 4.05. The molecule has 4 rings (SSSR count). The lowest BCUT2D eigenvalue weighted by Gasteiger charge is -2.61. The molecule has 2 bridgehead atoms. The van der Waals surface area contributed by atoms with E-state index in [-0.39, 0.29) is 5.92 Å². The molecule has 4 aliphatic carbocycles. The summed E-state index contributed by atoms with van der Waals surface area (Å²) >= 11 is 0. The van der Waals surface area contributed by atoms with Gasteiger partial charge in [0.2, 0.25) is 0 Å². The number of carbonyl (C=O) groups is 1. The molecule has 3 saturated carbocycles. The van der Waals surface area contributed by atoms with Crippen molar-refractivity contribution in [3.8, 4) is 0 Å². The minimum Gasteiger partial charge on any atom is -0.295 e. The van der Waals surface area contributed by atoms with Gasteiger partial charge in [0.05, 0.1) is 0 Å². The number of hydrogen-bond acceptors (Lipinski definition) is 1. The molecule has 0 amide bonds. The van der Waals surface area contributed by atoms with E-state index >= 15 is 0 Å². The van der Waals surface area contributed by atoms with Crippen LogP contribution in [0.15, 0.2) is 11.6 Å². The van der Waals surface area contributed by atoms with E-state index in [1.165, 1.54) is 18.4 Å². The van der Waals surface area contributed by atoms with Crippen molar-refractivity contribution in [2.24, 2.45) is 29.1 Å². The van der Waals surface area contributed by atoms with Crippen LogP contribution in [-0.2, 0) is 4.79 Å². The average molecular weight is 204 g/mol. The van der Waals surface area contributed by atoms with Crippen LogP contribution in [-0.4, -0.2) is 5.78 Å². The average Bonchev–Trinajstić information content (AvgIpc) is 2.18. The Morgan fingerprint density at radius 2 is 2.00 bits per heavy atom. The first-order valence-corrected chi connectivity index (χ1v) is 6.25. The molecule has 0 N–H and O–H groups in total. The smallest absolute Gasteiger partial charge is 0.158 e. The van der Waals surface area contributed by atoms with Crippen LogP contribution in [0.2, 0.25) is 0 Å². The molecule has 3 fully saturated rings. The molecule has 0 aromatic rings. The zero-order chi connectivity index (χ0) is 10.8. The molecule has 1 heteroatoms. The molecule has 4 aliphatic rings. The van der Waals surface area contributed by atoms with E-state index in [1.54, 1.807) is 0 Å². The minimum absolute atomic E-state index is 0.277. The maximum Gasteiger partial charge on any atom is 0.158 e. The molecule has 15 heavy (non-hydrogen) atoms. The lowest BCUT2D eigenvalue weighted by molar-refractivity contribution is -0.120. The number of ketones is 1. The van der Waals surface area contributed by atoms with Gasteiger partial charge in [-0.25, -0.2) is 0 Å². The fraction of sp³-hybridized carbons (Fsp3) is 0.786. The summed E-state index contributed by atoms with van der Waals surface area (Å²) < 4.78 is 0. The SMILES string of the molecule is C[C@@H]1C[C@@H]2C[C@H]3C[C@@H](C2=CC1=O)C3(C)C. The third kappa shape index (κ3) is 1.12. The summed E-state index contributed by atoms with van der Waals surface area (Å²) in [5.41, 5.74) is 1.98. The van der Waals surface area contributed by atoms with Gasteiger partial charge >= 0.3 is 0 Å². The number of carbonyl (C=O) groups excluding carboxylic acids is 1. The summed E-state index contributed by atoms with van der Waals surface area (Å²) in [5.74, 6) is 3.04. The first-order valence-electron chi connectivity index (χ1n) is 6.25. The summed E-state index contributed by atoms with van der Waals surface area (Å²) in [7, 11) is 0. The second kappa shape index (κ2) is 2.75. The van der Waals surface area contributed by atoms with E-state index in [9.17, 15) is 4.79 Å². The fourth-order valence-electron chi connectivity index (χ4n) is 4.05. The van der Waals surface area contributed by atoms with Crippen LogP contribution < -0.4 is 0 Å². The van der Waals surface area contributed by atoms with Gasteiger partial charge in [0.25, 0.3) is 0 Å². The Balaban J connectivity index is 1.96. The molecular formula is C14H20O. The topological polar surface area (TPSA) is 17.1 Å². The lowest BCUT2D eigenvalue weighted by atomic mass is 9.44. The van der Waals surface area contributed by atoms with Crippen LogP contribution in [0.1, 0.15) is 40.0 Å². The van der Waals surface area contributed by atoms with E-state index in [0.717, 1.165) is 24.2 Å². The number of rotatable bonds is 0. The molecule has 0 aromatic carbocycles. The van der Waals surface area contributed by atoms with Crippen LogP contribution in [0.25, 0.3) is 0 Å². The van der Waals surface area contributed by atoms with Crippen molar-refractivity contribution in [3.63, 3.8) is 0 Å². The van der Waals surface area contributed by atoms with Crippen molar-refractivity contribution in [1.82, 2.24) is 0 Å². The second-order valence-electron chi connectivity index (χ2n) is 6.42. The Hall–Kier alpha value is -0.590. The highest BCUT2D eigenvalue weighted by Crippen LogP contribution is 2.64. The van der Waals surface area contributed by atoms with Crippen LogP contribution in [0.3, 0.4) is 0 Å². The highest BCUT2D eigenvalue weighted by molar-refractivity contribution is 5.93. The van der Waals surface area contributed by atoms with E-state index in [4.69, 9.17) is 0 Å². The summed E-state index contributed by atoms with van der Waals surface area (Å²) in [6, 6.07) is 0. The molecule has 0 radical (unpaired) electrons. The monoisotopic (exact) mass is 204 g/mol. The van der Waals surface area contributed by atoms with Gasteiger partial charge in [-0.1, -0.05) is 26.3 Å². The van der Waals surface area contributed by atoms with Crippen molar-refractivity contribution in [2.75, 3.05) is 0 Å². The molecule has 4 atom stereocenters. The summed E-state index contributed by atoms with van der Waals surface area (Å²) in [6.45, 7) is 6.85. The molecule has 0 saturated heterocycles. The standard InChI is InChI=1S/C14H20O/c1-8-4-9-5-10-6-12(14(10,2)3)11(9)7-13(8)15/h7-10,12H,4-6H2,1-3H3/t8-,9-,10+,12+/m1/s1. The quantitative estimate of drug-likeness (QED) is 0.592. The predicted molar refractivity (Wildman–Crippen MR) is 60.4 cm³/mol. The minimum atomic E-state index is 0.277. The molecular weight excluding hydrogens is 184 g/mol. The Labute approximate surface area is 91.9 Å². The van der Waals surface area contributed by atoms with Gasteiger partial charge in [0.15, 0.2) is 5.78 Å². The third-order valence-corrected chi connectivity index (χ3v) is 5.35. The lowest BCUT2D eigenvalue weighted by Crippen LogP contribution is -2.53. The van der Waals surface area contributed by atoms with Crippen molar-refractivity contribution >= 4 is 5.78 Å². The molecule has 0 unspecified atom stereocenters. The van der Waals surface area contributed by atoms with Gasteiger partial charge < -0.3 is 0 Å². The summed E-state index contributed by atoms with van der Waals surface area (Å²) in [6.07, 6.45) is 5.80. The van der Waals surface area contributed by atoms with Crippen molar-refractivity contribution < 1.29 is 4.79 Å². The van der Waals surface area contributed by atoms with E-state index in [1.807, 2.05) is 6.08 Å². The molecule has 1 nitrogen and oxygen atoms in total. The zero-order valence-corrected chi connectivity index (χ0v) is 9.92. The Morgan fingerprint density at radius 3 is 2.67 bits per heavy atom. The molecule has 0 aromatic heterocycles. The van der Waals surface area contributed by atoms with Gasteiger partial charge in [-0.15, -0.1) is 0 Å². The molecule has 0 heterocycles. The Kier molecular flexibility index (Phi) is 1.76. The summed E-state index contributed by atoms with van der Waals surface area (Å²) in [5, 5.41) is 0. The third-order valence-electron chi connectivity index (χ3n) is 5.35. The van der Waals surface area contributed by atoms with Crippen LogP contribution in [0.5, 0.6) is 0 Å². The maximum atomic E-state index is 11.7. The highest BCUT2D eigenvalue weighted by Gasteiger charge is 2.56. The number of allylic oxidation sites excluding steroid dienone is 2. The van der Waals surface area contributed by atoms with Crippen molar-refractivity contribution in [3.05, 3.63) is 11.6 Å². The highest BCUT2D eigenvalue weighted by atomic mass is 16.1. The van der Waals surface area contributed by atoms with Gasteiger partial charge in [-0.05, 0) is 48.5 Å².